The van der Waals surface area contributed by atoms with Crippen LogP contribution in [0, 0.1) is 24.5 Å². The van der Waals surface area contributed by atoms with Crippen LogP contribution < -0.4 is 0 Å². The molecular weight excluding hydrogens is 198 g/mol. The van der Waals surface area contributed by atoms with Gasteiger partial charge in [-0.3, -0.25) is 0 Å². The van der Waals surface area contributed by atoms with Crippen molar-refractivity contribution in [3.8, 4) is 0 Å². The van der Waals surface area contributed by atoms with Crippen LogP contribution in [0.15, 0.2) is 12.1 Å². The van der Waals surface area contributed by atoms with E-state index in [1.54, 1.807) is 6.92 Å². The molecule has 1 nitrogen and oxygen atoms in total. The summed E-state index contributed by atoms with van der Waals surface area (Å²) in [7, 11) is 0. The summed E-state index contributed by atoms with van der Waals surface area (Å²) < 4.78 is 27.0. The number of rotatable bonds is 2. The minimum Gasteiger partial charge on any atom is -0.388 e. The van der Waals surface area contributed by atoms with Crippen molar-refractivity contribution in [3.63, 3.8) is 0 Å². The third-order valence-corrected chi connectivity index (χ3v) is 3.21. The second kappa shape index (κ2) is 3.89. The summed E-state index contributed by atoms with van der Waals surface area (Å²) in [4.78, 5) is 0. The molecule has 1 aromatic rings. The Morgan fingerprint density at radius 1 is 1.33 bits per heavy atom. The molecule has 1 N–H and O–H groups in total. The normalized spacial score (nSPS) is 18.7. The summed E-state index contributed by atoms with van der Waals surface area (Å²) in [5, 5.41) is 9.85. The van der Waals surface area contributed by atoms with Gasteiger partial charge in [-0.1, -0.05) is 12.5 Å². The predicted molar refractivity (Wildman–Crippen MR) is 53.4 cm³/mol. The van der Waals surface area contributed by atoms with Gasteiger partial charge in [0.15, 0.2) is 0 Å². The Bertz CT molecular complexity index is 372. The molecule has 0 bridgehead atoms. The third-order valence-electron chi connectivity index (χ3n) is 3.21. The van der Waals surface area contributed by atoms with Gasteiger partial charge in [-0.15, -0.1) is 0 Å². The van der Waals surface area contributed by atoms with Crippen LogP contribution >= 0.6 is 0 Å². The number of aryl methyl sites for hydroxylation is 1. The largest absolute Gasteiger partial charge is 0.388 e. The summed E-state index contributed by atoms with van der Waals surface area (Å²) in [5.41, 5.74) is 0.226. The Hall–Kier alpha value is -0.960. The van der Waals surface area contributed by atoms with E-state index in [0.717, 1.165) is 19.3 Å². The van der Waals surface area contributed by atoms with E-state index in [4.69, 9.17) is 0 Å². The van der Waals surface area contributed by atoms with Gasteiger partial charge in [0.25, 0.3) is 0 Å². The van der Waals surface area contributed by atoms with Crippen LogP contribution in [0.5, 0.6) is 0 Å². The van der Waals surface area contributed by atoms with Crippen LogP contribution in [0.3, 0.4) is 0 Å². The molecule has 0 spiro atoms. The second-order valence-corrected chi connectivity index (χ2v) is 4.23. The minimum absolute atomic E-state index is 0.0239. The van der Waals surface area contributed by atoms with Crippen LogP contribution in [0.1, 0.15) is 36.5 Å². The van der Waals surface area contributed by atoms with Crippen molar-refractivity contribution >= 4 is 0 Å². The van der Waals surface area contributed by atoms with Crippen LogP contribution in [0.4, 0.5) is 8.78 Å². The molecule has 82 valence electrons. The van der Waals surface area contributed by atoms with E-state index in [0.29, 0.717) is 5.56 Å². The van der Waals surface area contributed by atoms with Gasteiger partial charge < -0.3 is 5.11 Å². The molecule has 0 radical (unpaired) electrons. The standard InChI is InChI=1S/C12H14F2O/c1-7-5-6-9(13)10(11(7)14)12(15)8-3-2-4-8/h5-6,8,12,15H,2-4H2,1H3. The minimum atomic E-state index is -0.987. The lowest BCUT2D eigenvalue weighted by atomic mass is 9.78. The van der Waals surface area contributed by atoms with Crippen molar-refractivity contribution in [2.75, 3.05) is 0 Å². The monoisotopic (exact) mass is 212 g/mol. The van der Waals surface area contributed by atoms with Gasteiger partial charge in [-0.05, 0) is 37.3 Å². The first-order valence-corrected chi connectivity index (χ1v) is 5.24. The van der Waals surface area contributed by atoms with Crippen LogP contribution in [0.2, 0.25) is 0 Å². The Labute approximate surface area is 87.7 Å². The van der Waals surface area contributed by atoms with Crippen molar-refractivity contribution < 1.29 is 13.9 Å². The first-order chi connectivity index (χ1) is 7.11. The molecule has 1 aliphatic carbocycles. The molecule has 1 unspecified atom stereocenters. The van der Waals surface area contributed by atoms with Crippen molar-refractivity contribution in [3.05, 3.63) is 34.9 Å². The Balaban J connectivity index is 2.36. The molecule has 15 heavy (non-hydrogen) atoms. The molecule has 0 saturated heterocycles. The highest BCUT2D eigenvalue weighted by Gasteiger charge is 2.31. The highest BCUT2D eigenvalue weighted by Crippen LogP contribution is 2.39. The number of hydrogen-bond donors (Lipinski definition) is 1. The molecule has 0 heterocycles. The zero-order chi connectivity index (χ0) is 11.0. The Morgan fingerprint density at radius 3 is 2.53 bits per heavy atom. The first kappa shape index (κ1) is 10.6. The molecule has 3 heteroatoms. The van der Waals surface area contributed by atoms with Crippen molar-refractivity contribution in [2.45, 2.75) is 32.3 Å². The maximum absolute atomic E-state index is 13.6. The fourth-order valence-electron chi connectivity index (χ4n) is 1.94. The summed E-state index contributed by atoms with van der Waals surface area (Å²) >= 11 is 0. The summed E-state index contributed by atoms with van der Waals surface area (Å²) in [6.45, 7) is 1.58. The van der Waals surface area contributed by atoms with E-state index in [2.05, 4.69) is 0 Å². The van der Waals surface area contributed by atoms with Crippen LogP contribution in [-0.2, 0) is 0 Å². The lowest BCUT2D eigenvalue weighted by molar-refractivity contribution is 0.0560. The highest BCUT2D eigenvalue weighted by atomic mass is 19.1. The van der Waals surface area contributed by atoms with Gasteiger partial charge in [0, 0.05) is 0 Å². The molecule has 1 aromatic carbocycles. The summed E-state index contributed by atoms with van der Waals surface area (Å²) in [5.74, 6) is -1.22. The first-order valence-electron chi connectivity index (χ1n) is 5.24. The van der Waals surface area contributed by atoms with Gasteiger partial charge in [0.05, 0.1) is 11.7 Å². The molecule has 1 fully saturated rings. The van der Waals surface area contributed by atoms with Crippen molar-refractivity contribution in [1.29, 1.82) is 0 Å². The summed E-state index contributed by atoms with van der Waals surface area (Å²) in [6, 6.07) is 2.61. The van der Waals surface area contributed by atoms with E-state index >= 15 is 0 Å². The number of aliphatic hydroxyl groups excluding tert-OH is 1. The Morgan fingerprint density at radius 2 is 2.00 bits per heavy atom. The van der Waals surface area contributed by atoms with E-state index in [1.807, 2.05) is 0 Å². The maximum Gasteiger partial charge on any atom is 0.134 e. The molecule has 1 aliphatic rings. The zero-order valence-corrected chi connectivity index (χ0v) is 8.63. The SMILES string of the molecule is Cc1ccc(F)c(C(O)C2CCC2)c1F. The van der Waals surface area contributed by atoms with Crippen LogP contribution in [0.25, 0.3) is 0 Å². The van der Waals surface area contributed by atoms with Gasteiger partial charge in [-0.25, -0.2) is 8.78 Å². The molecular formula is C12H14F2O. The van der Waals surface area contributed by atoms with Gasteiger partial charge in [0.1, 0.15) is 11.6 Å². The van der Waals surface area contributed by atoms with Gasteiger partial charge in [-0.2, -0.15) is 0 Å². The van der Waals surface area contributed by atoms with Gasteiger partial charge in [0.2, 0.25) is 0 Å². The van der Waals surface area contributed by atoms with Gasteiger partial charge >= 0.3 is 0 Å². The van der Waals surface area contributed by atoms with Crippen molar-refractivity contribution in [2.24, 2.45) is 5.92 Å². The van der Waals surface area contributed by atoms with E-state index in [1.165, 1.54) is 12.1 Å². The number of aliphatic hydroxyl groups is 1. The van der Waals surface area contributed by atoms with E-state index in [9.17, 15) is 13.9 Å². The molecule has 0 aliphatic heterocycles. The number of halogens is 2. The molecule has 1 saturated carbocycles. The predicted octanol–water partition coefficient (Wildman–Crippen LogP) is 3.11. The molecule has 0 amide bonds. The lowest BCUT2D eigenvalue weighted by Gasteiger charge is -2.31. The highest BCUT2D eigenvalue weighted by molar-refractivity contribution is 5.29. The van der Waals surface area contributed by atoms with Crippen LogP contribution in [-0.4, -0.2) is 5.11 Å². The van der Waals surface area contributed by atoms with Crippen molar-refractivity contribution in [1.82, 2.24) is 0 Å². The quantitative estimate of drug-likeness (QED) is 0.798. The van der Waals surface area contributed by atoms with E-state index < -0.39 is 17.7 Å². The topological polar surface area (TPSA) is 20.2 Å². The fourth-order valence-corrected chi connectivity index (χ4v) is 1.94. The maximum atomic E-state index is 13.6. The fraction of sp³-hybridized carbons (Fsp3) is 0.500. The zero-order valence-electron chi connectivity index (χ0n) is 8.63. The molecule has 0 aromatic heterocycles. The summed E-state index contributed by atoms with van der Waals surface area (Å²) in [6.07, 6.45) is 1.76. The average molecular weight is 212 g/mol. The molecule has 1 atom stereocenters. The number of hydrogen-bond acceptors (Lipinski definition) is 1. The Kier molecular flexibility index (Phi) is 2.74. The number of benzene rings is 1. The lowest BCUT2D eigenvalue weighted by Crippen LogP contribution is -2.22. The van der Waals surface area contributed by atoms with E-state index in [-0.39, 0.29) is 11.5 Å². The third kappa shape index (κ3) is 1.76. The molecule has 2 rings (SSSR count). The smallest absolute Gasteiger partial charge is 0.134 e. The average Bonchev–Trinajstić information content (AvgIpc) is 2.09. The second-order valence-electron chi connectivity index (χ2n) is 4.23.